The summed E-state index contributed by atoms with van der Waals surface area (Å²) in [6.07, 6.45) is 0.362. The number of rotatable bonds is 9. The van der Waals surface area contributed by atoms with Crippen LogP contribution >= 0.6 is 0 Å². The van der Waals surface area contributed by atoms with Crippen LogP contribution in [0.5, 0.6) is 23.0 Å². The van der Waals surface area contributed by atoms with Crippen molar-refractivity contribution in [3.05, 3.63) is 35.9 Å². The van der Waals surface area contributed by atoms with Gasteiger partial charge in [0.05, 0.1) is 39.0 Å². The Morgan fingerprint density at radius 1 is 0.893 bits per heavy atom. The molecule has 0 amide bonds. The molecule has 0 aromatic heterocycles. The molecule has 8 nitrogen and oxygen atoms in total. The van der Waals surface area contributed by atoms with Crippen LogP contribution in [0.3, 0.4) is 0 Å². The third-order valence-corrected chi connectivity index (χ3v) is 5.45. The van der Waals surface area contributed by atoms with Gasteiger partial charge in [-0.3, -0.25) is 0 Å². The second-order valence-corrected chi connectivity index (χ2v) is 7.33. The summed E-state index contributed by atoms with van der Waals surface area (Å²) in [4.78, 5) is 0.0643. The zero-order chi connectivity index (χ0) is 20.0. The number of ether oxygens (including phenoxy) is 4. The largest absolute Gasteiger partial charge is 0.496 e. The Bertz CT molecular complexity index is 880. The molecule has 0 aliphatic rings. The van der Waals surface area contributed by atoms with E-state index in [-0.39, 0.29) is 46.7 Å². The van der Waals surface area contributed by atoms with Crippen molar-refractivity contribution >= 4 is 45.3 Å². The zero-order valence-electron chi connectivity index (χ0n) is 16.7. The predicted octanol–water partition coefficient (Wildman–Crippen LogP) is 1.44. The minimum atomic E-state index is -3.72. The molecule has 0 aliphatic heterocycles. The Morgan fingerprint density at radius 3 is 1.93 bits per heavy atom. The fourth-order valence-corrected chi connectivity index (χ4v) is 3.66. The Labute approximate surface area is 187 Å². The van der Waals surface area contributed by atoms with Gasteiger partial charge >= 0.3 is 0 Å². The van der Waals surface area contributed by atoms with E-state index in [9.17, 15) is 8.42 Å². The molecule has 0 unspecified atom stereocenters. The van der Waals surface area contributed by atoms with Crippen molar-refractivity contribution in [2.75, 3.05) is 40.7 Å². The van der Waals surface area contributed by atoms with Crippen LogP contribution in [0.15, 0.2) is 35.2 Å². The Hall–Kier alpha value is -1.65. The molecular formula is C18H24N2NaO6S. The Morgan fingerprint density at radius 2 is 1.46 bits per heavy atom. The molecule has 0 aliphatic carbocycles. The van der Waals surface area contributed by atoms with Crippen molar-refractivity contribution in [3.8, 4) is 23.0 Å². The van der Waals surface area contributed by atoms with Crippen LogP contribution in [0.1, 0.15) is 5.56 Å². The molecule has 0 saturated heterocycles. The molecule has 0 spiro atoms. The quantitative estimate of drug-likeness (QED) is 0.468. The number of benzene rings is 2. The van der Waals surface area contributed by atoms with Crippen molar-refractivity contribution in [3.63, 3.8) is 0 Å². The summed E-state index contributed by atoms with van der Waals surface area (Å²) in [6.45, 7) is 0.146. The normalized spacial score (nSPS) is 10.7. The first kappa shape index (κ1) is 24.4. The molecular weight excluding hydrogens is 395 g/mol. The van der Waals surface area contributed by atoms with E-state index in [0.29, 0.717) is 29.4 Å². The van der Waals surface area contributed by atoms with Crippen LogP contribution in [0.2, 0.25) is 0 Å². The minimum Gasteiger partial charge on any atom is -0.496 e. The number of sulfonamides is 1. The maximum atomic E-state index is 12.5. The van der Waals surface area contributed by atoms with Gasteiger partial charge in [0.15, 0.2) is 0 Å². The molecule has 0 saturated carbocycles. The maximum absolute atomic E-state index is 12.5. The van der Waals surface area contributed by atoms with E-state index in [1.807, 2.05) is 0 Å². The number of nitrogens with one attached hydrogen (secondary N) is 1. The van der Waals surface area contributed by atoms with Gasteiger partial charge in [-0.1, -0.05) is 0 Å². The summed E-state index contributed by atoms with van der Waals surface area (Å²) in [5.74, 6) is 2.11. The summed E-state index contributed by atoms with van der Waals surface area (Å²) >= 11 is 0. The number of nitrogens with two attached hydrogens (primary N) is 1. The van der Waals surface area contributed by atoms with E-state index in [0.717, 1.165) is 5.56 Å². The maximum Gasteiger partial charge on any atom is 0.240 e. The van der Waals surface area contributed by atoms with E-state index in [4.69, 9.17) is 24.7 Å². The number of nitrogen functional groups attached to an aromatic ring is 1. The van der Waals surface area contributed by atoms with Gasteiger partial charge in [0, 0.05) is 53.8 Å². The van der Waals surface area contributed by atoms with Crippen LogP contribution in [0.4, 0.5) is 5.69 Å². The van der Waals surface area contributed by atoms with Crippen LogP contribution < -0.4 is 29.4 Å². The number of hydrogen-bond acceptors (Lipinski definition) is 7. The van der Waals surface area contributed by atoms with Gasteiger partial charge in [-0.2, -0.15) is 0 Å². The SMILES string of the molecule is COc1cc(OC)c(CCNS(=O)(=O)c2ccc(OC)c(N)c2)c(OC)c1.[Na]. The number of anilines is 1. The third-order valence-electron chi connectivity index (χ3n) is 4.00. The molecule has 0 fully saturated rings. The Balaban J connectivity index is 0.00000392. The molecule has 2 aromatic rings. The Kier molecular flexibility index (Phi) is 9.38. The van der Waals surface area contributed by atoms with Gasteiger partial charge in [0.2, 0.25) is 10.0 Å². The molecule has 28 heavy (non-hydrogen) atoms. The monoisotopic (exact) mass is 419 g/mol. The van der Waals surface area contributed by atoms with Crippen molar-refractivity contribution in [1.29, 1.82) is 0 Å². The van der Waals surface area contributed by atoms with Crippen LogP contribution in [0, 0.1) is 0 Å². The molecule has 149 valence electrons. The molecule has 3 N–H and O–H groups in total. The molecule has 10 heteroatoms. The summed E-state index contributed by atoms with van der Waals surface area (Å²) < 4.78 is 48.5. The summed E-state index contributed by atoms with van der Waals surface area (Å²) in [5, 5.41) is 0. The number of methoxy groups -OCH3 is 4. The van der Waals surface area contributed by atoms with Gasteiger partial charge in [0.25, 0.3) is 0 Å². The summed E-state index contributed by atoms with van der Waals surface area (Å²) in [7, 11) is 2.35. The second kappa shape index (κ2) is 10.8. The van der Waals surface area contributed by atoms with Crippen molar-refractivity contribution < 1.29 is 27.4 Å². The first-order valence-electron chi connectivity index (χ1n) is 8.08. The summed E-state index contributed by atoms with van der Waals surface area (Å²) in [6, 6.07) is 7.74. The standard InChI is InChI=1S/C18H24N2O6S.Na/c1-23-12-9-17(25-3)14(18(10-12)26-4)7-8-20-27(21,22)13-5-6-16(24-2)15(19)11-13;/h5-6,9-11,20H,7-8,19H2,1-4H3;. The second-order valence-electron chi connectivity index (χ2n) is 5.56. The average Bonchev–Trinajstić information content (AvgIpc) is 2.67. The molecule has 0 atom stereocenters. The van der Waals surface area contributed by atoms with Crippen LogP contribution in [-0.2, 0) is 16.4 Å². The first-order chi connectivity index (χ1) is 12.9. The average molecular weight is 419 g/mol. The molecule has 1 radical (unpaired) electrons. The fourth-order valence-electron chi connectivity index (χ4n) is 2.60. The van der Waals surface area contributed by atoms with E-state index in [1.165, 1.54) is 39.5 Å². The van der Waals surface area contributed by atoms with E-state index < -0.39 is 10.0 Å². The molecule has 2 rings (SSSR count). The third kappa shape index (κ3) is 5.68. The van der Waals surface area contributed by atoms with E-state index in [1.54, 1.807) is 19.2 Å². The van der Waals surface area contributed by atoms with Gasteiger partial charge in [-0.05, 0) is 24.6 Å². The fraction of sp³-hybridized carbons (Fsp3) is 0.333. The van der Waals surface area contributed by atoms with Crippen LogP contribution in [0.25, 0.3) is 0 Å². The number of hydrogen-bond donors (Lipinski definition) is 2. The van der Waals surface area contributed by atoms with Crippen molar-refractivity contribution in [1.82, 2.24) is 4.72 Å². The van der Waals surface area contributed by atoms with Gasteiger partial charge in [-0.15, -0.1) is 0 Å². The van der Waals surface area contributed by atoms with E-state index in [2.05, 4.69) is 4.72 Å². The smallest absolute Gasteiger partial charge is 0.240 e. The van der Waals surface area contributed by atoms with Gasteiger partial charge < -0.3 is 24.7 Å². The topological polar surface area (TPSA) is 109 Å². The predicted molar refractivity (Wildman–Crippen MR) is 108 cm³/mol. The van der Waals surface area contributed by atoms with Crippen molar-refractivity contribution in [2.24, 2.45) is 0 Å². The van der Waals surface area contributed by atoms with Crippen LogP contribution in [-0.4, -0.2) is 73.0 Å². The first-order valence-corrected chi connectivity index (χ1v) is 9.56. The van der Waals surface area contributed by atoms with Gasteiger partial charge in [0.1, 0.15) is 23.0 Å². The van der Waals surface area contributed by atoms with E-state index >= 15 is 0 Å². The zero-order valence-corrected chi connectivity index (χ0v) is 19.6. The van der Waals surface area contributed by atoms with Crippen molar-refractivity contribution in [2.45, 2.75) is 11.3 Å². The minimum absolute atomic E-state index is 0. The molecule has 0 bridgehead atoms. The van der Waals surface area contributed by atoms with Gasteiger partial charge in [-0.25, -0.2) is 13.1 Å². The summed E-state index contributed by atoms with van der Waals surface area (Å²) in [5.41, 5.74) is 6.77. The molecule has 2 aromatic carbocycles. The molecule has 0 heterocycles.